The summed E-state index contributed by atoms with van der Waals surface area (Å²) in [5.74, 6) is 0.509. The molecule has 2 rings (SSSR count). The van der Waals surface area contributed by atoms with Crippen LogP contribution in [0.15, 0.2) is 47.1 Å². The molecule has 4 heteroatoms. The maximum atomic E-state index is 12.0. The zero-order valence-electron chi connectivity index (χ0n) is 9.06. The predicted molar refractivity (Wildman–Crippen MR) is 70.8 cm³/mol. The number of ketones is 1. The number of aromatic nitrogens is 1. The Kier molecular flexibility index (Phi) is 3.54. The number of halogens is 1. The molecule has 0 aliphatic rings. The molecule has 17 heavy (non-hydrogen) atoms. The maximum Gasteiger partial charge on any atom is 0.167 e. The van der Waals surface area contributed by atoms with Gasteiger partial charge >= 0.3 is 0 Å². The van der Waals surface area contributed by atoms with Crippen LogP contribution < -0.4 is 5.73 Å². The molecule has 0 amide bonds. The van der Waals surface area contributed by atoms with Crippen LogP contribution >= 0.6 is 15.9 Å². The molecule has 0 aliphatic carbocycles. The minimum absolute atomic E-state index is 0.0723. The molecule has 1 aromatic heterocycles. The topological polar surface area (TPSA) is 56.0 Å². The smallest absolute Gasteiger partial charge is 0.167 e. The van der Waals surface area contributed by atoms with Gasteiger partial charge in [0, 0.05) is 22.7 Å². The fourth-order valence-electron chi connectivity index (χ4n) is 1.53. The lowest BCUT2D eigenvalue weighted by Crippen LogP contribution is -2.04. The molecule has 0 unspecified atom stereocenters. The second-order valence-corrected chi connectivity index (χ2v) is 4.61. The average Bonchev–Trinajstić information content (AvgIpc) is 2.29. The van der Waals surface area contributed by atoms with E-state index in [9.17, 15) is 4.79 Å². The third-order valence-corrected chi connectivity index (χ3v) is 2.91. The van der Waals surface area contributed by atoms with Gasteiger partial charge in [-0.1, -0.05) is 28.1 Å². The van der Waals surface area contributed by atoms with E-state index in [-0.39, 0.29) is 5.78 Å². The third-order valence-electron chi connectivity index (χ3n) is 2.38. The highest BCUT2D eigenvalue weighted by atomic mass is 79.9. The molecule has 0 saturated carbocycles. The van der Waals surface area contributed by atoms with Crippen molar-refractivity contribution in [2.24, 2.45) is 0 Å². The standard InChI is InChI=1S/C13H11BrN2O/c14-11-3-1-10(2-4-11)12(17)7-9-5-6-16-13(15)8-9/h1-6,8H,7H2,(H2,15,16). The fourth-order valence-corrected chi connectivity index (χ4v) is 1.79. The zero-order chi connectivity index (χ0) is 12.3. The van der Waals surface area contributed by atoms with Crippen LogP contribution in [-0.4, -0.2) is 10.8 Å². The number of anilines is 1. The van der Waals surface area contributed by atoms with Crippen LogP contribution in [0.5, 0.6) is 0 Å². The number of carbonyl (C=O) groups excluding carboxylic acids is 1. The Morgan fingerprint density at radius 1 is 1.24 bits per heavy atom. The summed E-state index contributed by atoms with van der Waals surface area (Å²) in [5, 5.41) is 0. The van der Waals surface area contributed by atoms with Gasteiger partial charge in [0.15, 0.2) is 5.78 Å². The SMILES string of the molecule is Nc1cc(CC(=O)c2ccc(Br)cc2)ccn1. The molecule has 0 radical (unpaired) electrons. The Morgan fingerprint density at radius 2 is 1.94 bits per heavy atom. The van der Waals surface area contributed by atoms with E-state index in [1.807, 2.05) is 12.1 Å². The van der Waals surface area contributed by atoms with Crippen molar-refractivity contribution in [3.05, 3.63) is 58.2 Å². The fraction of sp³-hybridized carbons (Fsp3) is 0.0769. The Morgan fingerprint density at radius 3 is 2.59 bits per heavy atom. The number of carbonyl (C=O) groups is 1. The van der Waals surface area contributed by atoms with Crippen molar-refractivity contribution < 1.29 is 4.79 Å². The predicted octanol–water partition coefficient (Wildman–Crippen LogP) is 2.85. The molecule has 0 fully saturated rings. The van der Waals surface area contributed by atoms with Gasteiger partial charge in [-0.3, -0.25) is 4.79 Å². The van der Waals surface area contributed by atoms with Crippen molar-refractivity contribution in [1.29, 1.82) is 0 Å². The van der Waals surface area contributed by atoms with Gasteiger partial charge in [0.25, 0.3) is 0 Å². The molecule has 86 valence electrons. The molecule has 2 N–H and O–H groups in total. The Balaban J connectivity index is 2.14. The van der Waals surface area contributed by atoms with Gasteiger partial charge in [-0.25, -0.2) is 4.98 Å². The quantitative estimate of drug-likeness (QED) is 0.885. The van der Waals surface area contributed by atoms with Gasteiger partial charge in [-0.15, -0.1) is 0 Å². The lowest BCUT2D eigenvalue weighted by Gasteiger charge is -2.02. The van der Waals surface area contributed by atoms with Crippen molar-refractivity contribution in [3.8, 4) is 0 Å². The van der Waals surface area contributed by atoms with E-state index in [0.717, 1.165) is 10.0 Å². The molecule has 0 bridgehead atoms. The Labute approximate surface area is 108 Å². The number of Topliss-reactive ketones (excluding diaryl/α,β-unsaturated/α-hetero) is 1. The van der Waals surface area contributed by atoms with Crippen molar-refractivity contribution in [2.45, 2.75) is 6.42 Å². The number of hydrogen-bond donors (Lipinski definition) is 1. The Hall–Kier alpha value is -1.68. The normalized spacial score (nSPS) is 10.2. The first-order chi connectivity index (χ1) is 8.15. The summed E-state index contributed by atoms with van der Waals surface area (Å²) >= 11 is 3.33. The molecule has 0 aliphatic heterocycles. The first-order valence-corrected chi connectivity index (χ1v) is 5.93. The number of nitrogen functional groups attached to an aromatic ring is 1. The number of hydrogen-bond acceptors (Lipinski definition) is 3. The van der Waals surface area contributed by atoms with Gasteiger partial charge in [0.05, 0.1) is 0 Å². The molecule has 0 spiro atoms. The minimum Gasteiger partial charge on any atom is -0.384 e. The second-order valence-electron chi connectivity index (χ2n) is 3.70. The third kappa shape index (κ3) is 3.14. The van der Waals surface area contributed by atoms with Gasteiger partial charge in [-0.2, -0.15) is 0 Å². The number of nitrogens with zero attached hydrogens (tertiary/aromatic N) is 1. The van der Waals surface area contributed by atoms with E-state index in [0.29, 0.717) is 17.8 Å². The number of benzene rings is 1. The number of pyridine rings is 1. The molecule has 2 aromatic rings. The summed E-state index contributed by atoms with van der Waals surface area (Å²) in [6, 6.07) is 10.8. The van der Waals surface area contributed by atoms with Crippen molar-refractivity contribution in [3.63, 3.8) is 0 Å². The molecule has 1 heterocycles. The lowest BCUT2D eigenvalue weighted by atomic mass is 10.0. The van der Waals surface area contributed by atoms with Crippen LogP contribution in [0.1, 0.15) is 15.9 Å². The highest BCUT2D eigenvalue weighted by molar-refractivity contribution is 9.10. The highest BCUT2D eigenvalue weighted by Gasteiger charge is 2.07. The van der Waals surface area contributed by atoms with Crippen LogP contribution in [0.2, 0.25) is 0 Å². The van der Waals surface area contributed by atoms with Gasteiger partial charge in [0.2, 0.25) is 0 Å². The second kappa shape index (κ2) is 5.10. The average molecular weight is 291 g/mol. The van der Waals surface area contributed by atoms with Crippen LogP contribution in [0, 0.1) is 0 Å². The summed E-state index contributed by atoms with van der Waals surface area (Å²) in [7, 11) is 0. The first kappa shape index (κ1) is 11.8. The summed E-state index contributed by atoms with van der Waals surface area (Å²) in [6.07, 6.45) is 1.95. The molecule has 0 atom stereocenters. The zero-order valence-corrected chi connectivity index (χ0v) is 10.6. The van der Waals surface area contributed by atoms with Crippen LogP contribution in [-0.2, 0) is 6.42 Å². The van der Waals surface area contributed by atoms with E-state index in [2.05, 4.69) is 20.9 Å². The van der Waals surface area contributed by atoms with E-state index in [1.54, 1.807) is 30.5 Å². The van der Waals surface area contributed by atoms with Crippen molar-refractivity contribution >= 4 is 27.5 Å². The Bertz CT molecular complexity index is 537. The van der Waals surface area contributed by atoms with E-state index in [4.69, 9.17) is 5.73 Å². The largest absolute Gasteiger partial charge is 0.384 e. The summed E-state index contributed by atoms with van der Waals surface area (Å²) in [5.41, 5.74) is 7.14. The lowest BCUT2D eigenvalue weighted by molar-refractivity contribution is 0.0993. The monoisotopic (exact) mass is 290 g/mol. The molecule has 0 saturated heterocycles. The first-order valence-electron chi connectivity index (χ1n) is 5.14. The van der Waals surface area contributed by atoms with Gasteiger partial charge in [-0.05, 0) is 29.8 Å². The van der Waals surface area contributed by atoms with E-state index in [1.165, 1.54) is 0 Å². The van der Waals surface area contributed by atoms with Crippen LogP contribution in [0.25, 0.3) is 0 Å². The van der Waals surface area contributed by atoms with Crippen LogP contribution in [0.3, 0.4) is 0 Å². The van der Waals surface area contributed by atoms with Crippen molar-refractivity contribution in [2.75, 3.05) is 5.73 Å². The summed E-state index contributed by atoms with van der Waals surface area (Å²) in [4.78, 5) is 15.9. The number of rotatable bonds is 3. The molecule has 1 aromatic carbocycles. The molecular weight excluding hydrogens is 280 g/mol. The van der Waals surface area contributed by atoms with Gasteiger partial charge < -0.3 is 5.73 Å². The molecular formula is C13H11BrN2O. The van der Waals surface area contributed by atoms with Crippen LogP contribution in [0.4, 0.5) is 5.82 Å². The van der Waals surface area contributed by atoms with Crippen molar-refractivity contribution in [1.82, 2.24) is 4.98 Å². The summed E-state index contributed by atoms with van der Waals surface area (Å²) < 4.78 is 0.960. The number of nitrogens with two attached hydrogens (primary N) is 1. The maximum absolute atomic E-state index is 12.0. The van der Waals surface area contributed by atoms with E-state index < -0.39 is 0 Å². The molecule has 3 nitrogen and oxygen atoms in total. The highest BCUT2D eigenvalue weighted by Crippen LogP contribution is 2.13. The summed E-state index contributed by atoms with van der Waals surface area (Å²) in [6.45, 7) is 0. The minimum atomic E-state index is 0.0723. The van der Waals surface area contributed by atoms with E-state index >= 15 is 0 Å². The van der Waals surface area contributed by atoms with Gasteiger partial charge in [0.1, 0.15) is 5.82 Å².